The molecule has 0 N–H and O–H groups in total. The van der Waals surface area contributed by atoms with Crippen molar-refractivity contribution in [2.45, 2.75) is 52.2 Å². The molecule has 0 aliphatic carbocycles. The van der Waals surface area contributed by atoms with E-state index < -0.39 is 5.60 Å². The van der Waals surface area contributed by atoms with Gasteiger partial charge in [0, 0.05) is 41.7 Å². The number of fused-ring (bicyclic) bond motifs is 2. The van der Waals surface area contributed by atoms with Crippen LogP contribution in [-0.4, -0.2) is 34.5 Å². The minimum Gasteiger partial charge on any atom is -0.460 e. The highest BCUT2D eigenvalue weighted by Crippen LogP contribution is 2.34. The minimum atomic E-state index is -0.441. The lowest BCUT2D eigenvalue weighted by atomic mass is 9.93. The second-order valence-corrected chi connectivity index (χ2v) is 10.7. The smallest absolute Gasteiger partial charge is 0.306 e. The number of ether oxygens (including phenoxy) is 1. The number of nitrogens with zero attached hydrogens (tertiary/aromatic N) is 3. The number of likely N-dealkylation sites (tertiary alicyclic amines) is 1. The zero-order valence-electron chi connectivity index (χ0n) is 21.1. The highest BCUT2D eigenvalue weighted by molar-refractivity contribution is 5.99. The normalized spacial score (nSPS) is 15.3. The fraction of sp³-hybridized carbons (Fsp3) is 0.367. The summed E-state index contributed by atoms with van der Waals surface area (Å²) in [4.78, 5) is 19.0. The average Bonchev–Trinajstić information content (AvgIpc) is 3.27. The van der Waals surface area contributed by atoms with Gasteiger partial charge in [-0.1, -0.05) is 18.2 Å². The summed E-state index contributed by atoms with van der Waals surface area (Å²) in [6.07, 6.45) is 5.98. The monoisotopic (exact) mass is 481 g/mol. The van der Waals surface area contributed by atoms with E-state index in [0.717, 1.165) is 71.1 Å². The van der Waals surface area contributed by atoms with Gasteiger partial charge in [0.05, 0.1) is 11.6 Å². The molecule has 2 aromatic carbocycles. The molecule has 0 saturated carbocycles. The Labute approximate surface area is 211 Å². The van der Waals surface area contributed by atoms with Gasteiger partial charge >= 0.3 is 5.97 Å². The summed E-state index contributed by atoms with van der Waals surface area (Å²) in [6, 6.07) is 16.4. The third-order valence-electron chi connectivity index (χ3n) is 6.74. The van der Waals surface area contributed by atoms with Crippen LogP contribution < -0.4 is 0 Å². The summed E-state index contributed by atoms with van der Waals surface area (Å²) in [7, 11) is 0. The molecule has 1 fully saturated rings. The number of benzene rings is 2. The van der Waals surface area contributed by atoms with E-state index in [1.54, 1.807) is 6.20 Å². The lowest BCUT2D eigenvalue weighted by Gasteiger charge is -2.32. The van der Waals surface area contributed by atoms with E-state index in [-0.39, 0.29) is 5.97 Å². The number of aromatic nitrogens is 1. The van der Waals surface area contributed by atoms with E-state index >= 15 is 0 Å². The standard InChI is InChI=1S/C30H31N3O3/c1-30(2,3)36-29(34)14-20-8-10-33(11-9-20)19-21-12-23(16-31)25-17-32-18-26(24(25)13-21)28-15-22-6-4-5-7-27(22)35-28/h4-7,12-13,15,17-18,20H,8-11,14,19H2,1-3H3. The number of pyridine rings is 1. The van der Waals surface area contributed by atoms with Crippen LogP contribution in [0.3, 0.4) is 0 Å². The third-order valence-corrected chi connectivity index (χ3v) is 6.74. The van der Waals surface area contributed by atoms with Crippen molar-refractivity contribution in [1.29, 1.82) is 5.26 Å². The van der Waals surface area contributed by atoms with E-state index in [1.807, 2.05) is 63.4 Å². The lowest BCUT2D eigenvalue weighted by molar-refractivity contribution is -0.156. The molecular formula is C30H31N3O3. The molecule has 0 unspecified atom stereocenters. The summed E-state index contributed by atoms with van der Waals surface area (Å²) < 4.78 is 11.6. The Bertz CT molecular complexity index is 1420. The zero-order chi connectivity index (χ0) is 25.3. The predicted molar refractivity (Wildman–Crippen MR) is 140 cm³/mol. The Balaban J connectivity index is 1.35. The highest BCUT2D eigenvalue weighted by atomic mass is 16.6. The number of carbonyl (C=O) groups is 1. The first-order valence-electron chi connectivity index (χ1n) is 12.5. The van der Waals surface area contributed by atoms with Crippen LogP contribution in [0.1, 0.15) is 51.2 Å². The third kappa shape index (κ3) is 5.27. The molecule has 6 nitrogen and oxygen atoms in total. The van der Waals surface area contributed by atoms with Crippen LogP contribution in [0.15, 0.2) is 59.3 Å². The minimum absolute atomic E-state index is 0.110. The average molecular weight is 482 g/mol. The van der Waals surface area contributed by atoms with Gasteiger partial charge in [0.2, 0.25) is 0 Å². The molecule has 5 rings (SSSR count). The Morgan fingerprint density at radius 2 is 1.92 bits per heavy atom. The van der Waals surface area contributed by atoms with Crippen molar-refractivity contribution < 1.29 is 13.9 Å². The number of furan rings is 1. The first-order chi connectivity index (χ1) is 17.3. The molecule has 184 valence electrons. The summed E-state index contributed by atoms with van der Waals surface area (Å²) in [6.45, 7) is 8.30. The molecule has 36 heavy (non-hydrogen) atoms. The van der Waals surface area contributed by atoms with Gasteiger partial charge in [-0.2, -0.15) is 5.26 Å². The maximum Gasteiger partial charge on any atom is 0.306 e. The van der Waals surface area contributed by atoms with Crippen LogP contribution in [0.4, 0.5) is 0 Å². The quantitative estimate of drug-likeness (QED) is 0.304. The van der Waals surface area contributed by atoms with Crippen LogP contribution in [0.25, 0.3) is 33.1 Å². The van der Waals surface area contributed by atoms with Crippen molar-refractivity contribution in [1.82, 2.24) is 9.88 Å². The van der Waals surface area contributed by atoms with E-state index in [2.05, 4.69) is 22.0 Å². The second-order valence-electron chi connectivity index (χ2n) is 10.7. The van der Waals surface area contributed by atoms with E-state index in [1.165, 1.54) is 0 Å². The first-order valence-corrected chi connectivity index (χ1v) is 12.5. The van der Waals surface area contributed by atoms with E-state index in [4.69, 9.17) is 9.15 Å². The van der Waals surface area contributed by atoms with Gasteiger partial charge in [0.25, 0.3) is 0 Å². The molecular weight excluding hydrogens is 450 g/mol. The molecule has 0 atom stereocenters. The van der Waals surface area contributed by atoms with E-state index in [9.17, 15) is 10.1 Å². The molecule has 0 spiro atoms. The first kappa shape index (κ1) is 24.0. The number of esters is 1. The molecule has 4 aromatic rings. The summed E-state index contributed by atoms with van der Waals surface area (Å²) in [5.74, 6) is 0.993. The fourth-order valence-corrected chi connectivity index (χ4v) is 5.05. The molecule has 1 aliphatic rings. The van der Waals surface area contributed by atoms with Crippen LogP contribution in [-0.2, 0) is 16.1 Å². The van der Waals surface area contributed by atoms with Crippen LogP contribution in [0.2, 0.25) is 0 Å². The Morgan fingerprint density at radius 3 is 2.64 bits per heavy atom. The van der Waals surface area contributed by atoms with Gasteiger partial charge in [0.15, 0.2) is 0 Å². The number of hydrogen-bond donors (Lipinski definition) is 0. The second kappa shape index (κ2) is 9.75. The van der Waals surface area contributed by atoms with Crippen LogP contribution >= 0.6 is 0 Å². The molecule has 1 saturated heterocycles. The molecule has 0 radical (unpaired) electrons. The van der Waals surface area contributed by atoms with Gasteiger partial charge in [0.1, 0.15) is 16.9 Å². The summed E-state index contributed by atoms with van der Waals surface area (Å²) in [5, 5.41) is 12.7. The van der Waals surface area contributed by atoms with Crippen molar-refractivity contribution in [3.8, 4) is 17.4 Å². The Morgan fingerprint density at radius 1 is 1.14 bits per heavy atom. The molecule has 1 aliphatic heterocycles. The zero-order valence-corrected chi connectivity index (χ0v) is 21.1. The molecule has 0 amide bonds. The fourth-order valence-electron chi connectivity index (χ4n) is 5.05. The predicted octanol–water partition coefficient (Wildman–Crippen LogP) is 6.46. The van der Waals surface area contributed by atoms with Gasteiger partial charge in [-0.3, -0.25) is 14.7 Å². The number of rotatable bonds is 5. The summed E-state index contributed by atoms with van der Waals surface area (Å²) in [5.41, 5.74) is 2.98. The van der Waals surface area contributed by atoms with Gasteiger partial charge in [-0.25, -0.2) is 0 Å². The number of hydrogen-bond acceptors (Lipinski definition) is 6. The van der Waals surface area contributed by atoms with Crippen molar-refractivity contribution in [2.75, 3.05) is 13.1 Å². The molecule has 0 bridgehead atoms. The largest absolute Gasteiger partial charge is 0.460 e. The number of piperidine rings is 1. The number of nitriles is 1. The van der Waals surface area contributed by atoms with E-state index in [0.29, 0.717) is 17.9 Å². The maximum absolute atomic E-state index is 12.2. The summed E-state index contributed by atoms with van der Waals surface area (Å²) >= 11 is 0. The van der Waals surface area contributed by atoms with Crippen LogP contribution in [0, 0.1) is 17.2 Å². The van der Waals surface area contributed by atoms with Gasteiger partial charge in [-0.15, -0.1) is 0 Å². The van der Waals surface area contributed by atoms with Gasteiger partial charge in [-0.05, 0) is 87.8 Å². The number of para-hydroxylation sites is 1. The SMILES string of the molecule is CC(C)(C)OC(=O)CC1CCN(Cc2cc(C#N)c3cncc(-c4cc5ccccc5o4)c3c2)CC1. The Kier molecular flexibility index (Phi) is 6.51. The molecule has 3 heterocycles. The maximum atomic E-state index is 12.2. The number of carbonyl (C=O) groups excluding carboxylic acids is 1. The van der Waals surface area contributed by atoms with Crippen molar-refractivity contribution in [3.05, 3.63) is 66.0 Å². The van der Waals surface area contributed by atoms with Crippen molar-refractivity contribution in [3.63, 3.8) is 0 Å². The lowest BCUT2D eigenvalue weighted by Crippen LogP contribution is -2.34. The molecule has 2 aromatic heterocycles. The highest BCUT2D eigenvalue weighted by Gasteiger charge is 2.25. The Hall–Kier alpha value is -3.69. The molecule has 6 heteroatoms. The van der Waals surface area contributed by atoms with Gasteiger partial charge < -0.3 is 9.15 Å². The van der Waals surface area contributed by atoms with Crippen molar-refractivity contribution in [2.24, 2.45) is 5.92 Å². The van der Waals surface area contributed by atoms with Crippen LogP contribution in [0.5, 0.6) is 0 Å². The van der Waals surface area contributed by atoms with Crippen molar-refractivity contribution >= 4 is 27.7 Å². The topological polar surface area (TPSA) is 79.4 Å².